The minimum absolute atomic E-state index is 0.0139. The molecule has 1 aromatic rings. The van der Waals surface area contributed by atoms with Gasteiger partial charge in [-0.05, 0) is 25.7 Å². The molecule has 0 heterocycles. The molecule has 17 heavy (non-hydrogen) atoms. The van der Waals surface area contributed by atoms with Crippen LogP contribution in [-0.4, -0.2) is 13.2 Å². The number of non-ortho nitro benzene ring substituents is 1. The van der Waals surface area contributed by atoms with Crippen molar-refractivity contribution < 1.29 is 9.35 Å². The highest BCUT2D eigenvalue weighted by molar-refractivity contribution is 6.70. The van der Waals surface area contributed by atoms with Gasteiger partial charge in [0.1, 0.15) is 5.75 Å². The van der Waals surface area contributed by atoms with E-state index in [4.69, 9.17) is 9.69 Å². The van der Waals surface area contributed by atoms with Gasteiger partial charge >= 0.3 is 0 Å². The standard InChI is InChI=1S/C11H14N2O3Si/c1-17(2,3)16-11-8-10(13(14)15)5-4-9(11)6-7-12/h4-5,8H,6H2,1-3H3. The molecular weight excluding hydrogens is 236 g/mol. The van der Waals surface area contributed by atoms with E-state index in [0.29, 0.717) is 11.3 Å². The monoisotopic (exact) mass is 250 g/mol. The minimum Gasteiger partial charge on any atom is -0.544 e. The Morgan fingerprint density at radius 3 is 2.59 bits per heavy atom. The van der Waals surface area contributed by atoms with Gasteiger partial charge in [-0.3, -0.25) is 10.1 Å². The van der Waals surface area contributed by atoms with E-state index in [2.05, 4.69) is 0 Å². The molecule has 0 fully saturated rings. The van der Waals surface area contributed by atoms with E-state index in [-0.39, 0.29) is 12.1 Å². The van der Waals surface area contributed by atoms with Crippen LogP contribution < -0.4 is 4.43 Å². The Bertz CT molecular complexity index is 475. The van der Waals surface area contributed by atoms with Crippen molar-refractivity contribution in [3.63, 3.8) is 0 Å². The molecule has 1 aromatic carbocycles. The largest absolute Gasteiger partial charge is 0.544 e. The number of hydrogen-bond acceptors (Lipinski definition) is 4. The van der Waals surface area contributed by atoms with Crippen molar-refractivity contribution >= 4 is 14.0 Å². The third-order valence-electron chi connectivity index (χ3n) is 1.95. The Kier molecular flexibility index (Phi) is 3.86. The first kappa shape index (κ1) is 13.2. The maximum absolute atomic E-state index is 10.7. The van der Waals surface area contributed by atoms with Crippen molar-refractivity contribution in [3.05, 3.63) is 33.9 Å². The molecule has 0 amide bonds. The molecule has 1 rings (SSSR count). The van der Waals surface area contributed by atoms with Crippen LogP contribution >= 0.6 is 0 Å². The third kappa shape index (κ3) is 3.88. The zero-order chi connectivity index (χ0) is 13.1. The van der Waals surface area contributed by atoms with Gasteiger partial charge in [0, 0.05) is 11.6 Å². The summed E-state index contributed by atoms with van der Waals surface area (Å²) in [5.74, 6) is 0.458. The fraction of sp³-hybridized carbons (Fsp3) is 0.364. The molecule has 0 saturated heterocycles. The van der Waals surface area contributed by atoms with Crippen molar-refractivity contribution in [2.45, 2.75) is 26.1 Å². The number of nitrogens with zero attached hydrogens (tertiary/aromatic N) is 2. The summed E-state index contributed by atoms with van der Waals surface area (Å²) in [7, 11) is -1.85. The molecule has 5 nitrogen and oxygen atoms in total. The highest BCUT2D eigenvalue weighted by Crippen LogP contribution is 2.27. The van der Waals surface area contributed by atoms with Crippen molar-refractivity contribution in [1.82, 2.24) is 0 Å². The molecule has 0 aliphatic heterocycles. The van der Waals surface area contributed by atoms with Crippen molar-refractivity contribution in [3.8, 4) is 11.8 Å². The number of nitro benzene ring substituents is 1. The zero-order valence-corrected chi connectivity index (χ0v) is 11.1. The topological polar surface area (TPSA) is 76.2 Å². The lowest BCUT2D eigenvalue weighted by Crippen LogP contribution is -2.29. The van der Waals surface area contributed by atoms with Gasteiger partial charge in [0.05, 0.1) is 23.5 Å². The summed E-state index contributed by atoms with van der Waals surface area (Å²) in [6.07, 6.45) is 0.192. The first-order chi connectivity index (χ1) is 7.83. The van der Waals surface area contributed by atoms with Crippen LogP contribution in [0.2, 0.25) is 19.6 Å². The van der Waals surface area contributed by atoms with Crippen LogP contribution in [0, 0.1) is 21.4 Å². The van der Waals surface area contributed by atoms with E-state index in [1.54, 1.807) is 6.07 Å². The van der Waals surface area contributed by atoms with Gasteiger partial charge in [0.15, 0.2) is 0 Å². The smallest absolute Gasteiger partial charge is 0.273 e. The Morgan fingerprint density at radius 2 is 2.12 bits per heavy atom. The Morgan fingerprint density at radius 1 is 1.47 bits per heavy atom. The first-order valence-electron chi connectivity index (χ1n) is 5.17. The highest BCUT2D eigenvalue weighted by Gasteiger charge is 2.20. The van der Waals surface area contributed by atoms with Crippen LogP contribution in [0.1, 0.15) is 5.56 Å². The fourth-order valence-electron chi connectivity index (χ4n) is 1.31. The van der Waals surface area contributed by atoms with Crippen LogP contribution in [-0.2, 0) is 6.42 Å². The van der Waals surface area contributed by atoms with E-state index in [0.717, 1.165) is 0 Å². The van der Waals surface area contributed by atoms with Crippen LogP contribution in [0.15, 0.2) is 18.2 Å². The Balaban J connectivity index is 3.16. The normalized spacial score (nSPS) is 10.7. The number of nitro groups is 1. The van der Waals surface area contributed by atoms with E-state index in [9.17, 15) is 10.1 Å². The molecule has 0 aliphatic rings. The summed E-state index contributed by atoms with van der Waals surface area (Å²) in [6.45, 7) is 5.96. The molecule has 6 heteroatoms. The van der Waals surface area contributed by atoms with Gasteiger partial charge in [0.25, 0.3) is 5.69 Å². The summed E-state index contributed by atoms with van der Waals surface area (Å²) < 4.78 is 5.76. The average Bonchev–Trinajstić information content (AvgIpc) is 2.18. The van der Waals surface area contributed by atoms with Gasteiger partial charge in [-0.15, -0.1) is 0 Å². The molecule has 0 unspecified atom stereocenters. The molecular formula is C11H14N2O3Si. The Hall–Kier alpha value is -1.87. The predicted octanol–water partition coefficient (Wildman–Crippen LogP) is 2.87. The van der Waals surface area contributed by atoms with Gasteiger partial charge in [-0.2, -0.15) is 5.26 Å². The maximum atomic E-state index is 10.7. The second-order valence-corrected chi connectivity index (χ2v) is 9.03. The molecule has 0 spiro atoms. The van der Waals surface area contributed by atoms with Crippen molar-refractivity contribution in [2.75, 3.05) is 0 Å². The number of benzene rings is 1. The van der Waals surface area contributed by atoms with Crippen LogP contribution in [0.5, 0.6) is 5.75 Å². The van der Waals surface area contributed by atoms with Crippen LogP contribution in [0.4, 0.5) is 5.69 Å². The summed E-state index contributed by atoms with van der Waals surface area (Å²) in [6, 6.07) is 6.39. The number of hydrogen-bond donors (Lipinski definition) is 0. The minimum atomic E-state index is -1.85. The molecule has 0 aromatic heterocycles. The summed E-state index contributed by atoms with van der Waals surface area (Å²) in [5.41, 5.74) is 0.681. The average molecular weight is 250 g/mol. The number of rotatable bonds is 4. The summed E-state index contributed by atoms with van der Waals surface area (Å²) >= 11 is 0. The van der Waals surface area contributed by atoms with E-state index in [1.807, 2.05) is 25.7 Å². The third-order valence-corrected chi connectivity index (χ3v) is 2.78. The molecule has 0 saturated carbocycles. The van der Waals surface area contributed by atoms with Crippen LogP contribution in [0.3, 0.4) is 0 Å². The van der Waals surface area contributed by atoms with Gasteiger partial charge in [0.2, 0.25) is 8.32 Å². The van der Waals surface area contributed by atoms with E-state index in [1.165, 1.54) is 12.1 Å². The highest BCUT2D eigenvalue weighted by atomic mass is 28.4. The van der Waals surface area contributed by atoms with Gasteiger partial charge < -0.3 is 4.43 Å². The predicted molar refractivity (Wildman–Crippen MR) is 66.4 cm³/mol. The van der Waals surface area contributed by atoms with E-state index < -0.39 is 13.2 Å². The lowest BCUT2D eigenvalue weighted by Gasteiger charge is -2.20. The second kappa shape index (κ2) is 4.97. The molecule has 0 bridgehead atoms. The fourth-order valence-corrected chi connectivity index (χ4v) is 2.16. The van der Waals surface area contributed by atoms with Gasteiger partial charge in [-0.1, -0.05) is 0 Å². The maximum Gasteiger partial charge on any atom is 0.273 e. The van der Waals surface area contributed by atoms with Gasteiger partial charge in [-0.25, -0.2) is 0 Å². The SMILES string of the molecule is C[Si](C)(C)Oc1cc([N+](=O)[O-])ccc1CC#N. The molecule has 0 N–H and O–H groups in total. The number of nitriles is 1. The van der Waals surface area contributed by atoms with Crippen molar-refractivity contribution in [1.29, 1.82) is 5.26 Å². The van der Waals surface area contributed by atoms with E-state index >= 15 is 0 Å². The molecule has 0 aliphatic carbocycles. The second-order valence-electron chi connectivity index (χ2n) is 4.60. The zero-order valence-electron chi connectivity index (χ0n) is 10.1. The Labute approximate surface area is 101 Å². The van der Waals surface area contributed by atoms with Crippen LogP contribution in [0.25, 0.3) is 0 Å². The first-order valence-corrected chi connectivity index (χ1v) is 8.57. The molecule has 90 valence electrons. The lowest BCUT2D eigenvalue weighted by atomic mass is 10.1. The molecule has 0 radical (unpaired) electrons. The lowest BCUT2D eigenvalue weighted by molar-refractivity contribution is -0.384. The summed E-state index contributed by atoms with van der Waals surface area (Å²) in [4.78, 5) is 10.2. The quantitative estimate of drug-likeness (QED) is 0.467. The van der Waals surface area contributed by atoms with Crippen molar-refractivity contribution in [2.24, 2.45) is 0 Å². The molecule has 0 atom stereocenters. The summed E-state index contributed by atoms with van der Waals surface area (Å²) in [5, 5.41) is 19.4.